The molecular weight excluding hydrogens is 272 g/mol. The third-order valence-corrected chi connectivity index (χ3v) is 3.37. The quantitative estimate of drug-likeness (QED) is 0.784. The standard InChI is InChI=1S/C11H11BrN2O2/c12-8-1-2-9-7(3-8)4-11(5-15-9)6-16-10(13)14-11/h1-3H,4-6H2,(H2,13,14). The highest BCUT2D eigenvalue weighted by Crippen LogP contribution is 2.35. The van der Waals surface area contributed by atoms with Gasteiger partial charge < -0.3 is 15.2 Å². The van der Waals surface area contributed by atoms with Crippen molar-refractivity contribution in [3.8, 4) is 5.75 Å². The lowest BCUT2D eigenvalue weighted by Crippen LogP contribution is -2.41. The van der Waals surface area contributed by atoms with Crippen molar-refractivity contribution in [2.45, 2.75) is 12.0 Å². The zero-order valence-corrected chi connectivity index (χ0v) is 10.2. The fourth-order valence-electron chi connectivity index (χ4n) is 2.12. The zero-order chi connectivity index (χ0) is 11.2. The van der Waals surface area contributed by atoms with Crippen LogP contribution in [0.4, 0.5) is 0 Å². The Labute approximate surface area is 102 Å². The summed E-state index contributed by atoms with van der Waals surface area (Å²) in [5.74, 6) is 0.925. The van der Waals surface area contributed by atoms with Gasteiger partial charge in [0.25, 0.3) is 6.02 Å². The first kappa shape index (κ1) is 9.96. The van der Waals surface area contributed by atoms with Gasteiger partial charge in [-0.15, -0.1) is 0 Å². The molecule has 4 nitrogen and oxygen atoms in total. The lowest BCUT2D eigenvalue weighted by molar-refractivity contribution is 0.153. The highest BCUT2D eigenvalue weighted by atomic mass is 79.9. The Bertz CT molecular complexity index is 475. The Balaban J connectivity index is 1.97. The van der Waals surface area contributed by atoms with Crippen LogP contribution in [0.5, 0.6) is 5.75 Å². The molecule has 0 radical (unpaired) electrons. The van der Waals surface area contributed by atoms with Crippen LogP contribution >= 0.6 is 15.9 Å². The summed E-state index contributed by atoms with van der Waals surface area (Å²) in [6.45, 7) is 1.03. The van der Waals surface area contributed by atoms with Gasteiger partial charge >= 0.3 is 0 Å². The fraction of sp³-hybridized carbons (Fsp3) is 0.364. The average molecular weight is 283 g/mol. The van der Waals surface area contributed by atoms with E-state index in [9.17, 15) is 0 Å². The van der Waals surface area contributed by atoms with Gasteiger partial charge in [-0.3, -0.25) is 0 Å². The summed E-state index contributed by atoms with van der Waals surface area (Å²) in [5, 5.41) is 0. The Morgan fingerprint density at radius 1 is 1.31 bits per heavy atom. The largest absolute Gasteiger partial charge is 0.491 e. The maximum absolute atomic E-state index is 5.70. The van der Waals surface area contributed by atoms with Gasteiger partial charge in [0.1, 0.15) is 24.5 Å². The lowest BCUT2D eigenvalue weighted by Gasteiger charge is -2.30. The second-order valence-electron chi connectivity index (χ2n) is 4.18. The van der Waals surface area contributed by atoms with Crippen molar-refractivity contribution in [3.63, 3.8) is 0 Å². The molecule has 0 saturated carbocycles. The molecule has 1 spiro atoms. The smallest absolute Gasteiger partial charge is 0.282 e. The number of benzene rings is 1. The molecule has 16 heavy (non-hydrogen) atoms. The molecule has 0 aliphatic carbocycles. The summed E-state index contributed by atoms with van der Waals surface area (Å²) >= 11 is 3.45. The molecule has 2 heterocycles. The number of hydrogen-bond donors (Lipinski definition) is 1. The van der Waals surface area contributed by atoms with E-state index in [2.05, 4.69) is 27.0 Å². The molecule has 5 heteroatoms. The van der Waals surface area contributed by atoms with Crippen LogP contribution in [-0.4, -0.2) is 24.8 Å². The summed E-state index contributed by atoms with van der Waals surface area (Å²) in [6.07, 6.45) is 0.808. The molecule has 1 unspecified atom stereocenters. The van der Waals surface area contributed by atoms with E-state index in [1.807, 2.05) is 12.1 Å². The average Bonchev–Trinajstić information content (AvgIpc) is 2.59. The molecule has 2 aliphatic heterocycles. The Hall–Kier alpha value is -1.23. The van der Waals surface area contributed by atoms with Crippen molar-refractivity contribution in [1.29, 1.82) is 0 Å². The van der Waals surface area contributed by atoms with Crippen LogP contribution in [0.25, 0.3) is 0 Å². The molecule has 0 fully saturated rings. The van der Waals surface area contributed by atoms with Gasteiger partial charge in [-0.2, -0.15) is 0 Å². The van der Waals surface area contributed by atoms with Crippen molar-refractivity contribution >= 4 is 22.0 Å². The minimum absolute atomic E-state index is 0.266. The predicted molar refractivity (Wildman–Crippen MR) is 63.6 cm³/mol. The summed E-state index contributed by atoms with van der Waals surface area (Å²) in [7, 11) is 0. The van der Waals surface area contributed by atoms with Crippen LogP contribution in [-0.2, 0) is 11.2 Å². The van der Waals surface area contributed by atoms with Crippen LogP contribution in [0.1, 0.15) is 5.56 Å². The minimum atomic E-state index is -0.322. The first-order valence-electron chi connectivity index (χ1n) is 5.06. The van der Waals surface area contributed by atoms with E-state index < -0.39 is 0 Å². The molecule has 0 amide bonds. The zero-order valence-electron chi connectivity index (χ0n) is 8.57. The number of halogens is 1. The van der Waals surface area contributed by atoms with E-state index in [4.69, 9.17) is 15.2 Å². The third-order valence-electron chi connectivity index (χ3n) is 2.87. The van der Waals surface area contributed by atoms with E-state index in [-0.39, 0.29) is 11.6 Å². The minimum Gasteiger partial charge on any atom is -0.491 e. The summed E-state index contributed by atoms with van der Waals surface area (Å²) < 4.78 is 12.0. The summed E-state index contributed by atoms with van der Waals surface area (Å²) in [4.78, 5) is 4.34. The maximum atomic E-state index is 5.70. The lowest BCUT2D eigenvalue weighted by atomic mass is 9.91. The number of nitrogens with two attached hydrogens (primary N) is 1. The monoisotopic (exact) mass is 282 g/mol. The number of amidine groups is 1. The highest BCUT2D eigenvalue weighted by Gasteiger charge is 2.40. The molecule has 1 aromatic rings. The molecule has 0 bridgehead atoms. The normalized spacial score (nSPS) is 26.9. The SMILES string of the molecule is NC1=NC2(CO1)COc1ccc(Br)cc1C2. The summed E-state index contributed by atoms with van der Waals surface area (Å²) in [5.41, 5.74) is 6.37. The molecule has 84 valence electrons. The van der Waals surface area contributed by atoms with E-state index >= 15 is 0 Å². The second-order valence-corrected chi connectivity index (χ2v) is 5.10. The second kappa shape index (κ2) is 3.38. The van der Waals surface area contributed by atoms with Gasteiger partial charge in [-0.05, 0) is 23.8 Å². The molecule has 1 aromatic carbocycles. The van der Waals surface area contributed by atoms with Crippen LogP contribution < -0.4 is 10.5 Å². The first-order valence-corrected chi connectivity index (χ1v) is 5.86. The number of ether oxygens (including phenoxy) is 2. The van der Waals surface area contributed by atoms with Crippen LogP contribution in [0, 0.1) is 0 Å². The van der Waals surface area contributed by atoms with Crippen molar-refractivity contribution < 1.29 is 9.47 Å². The van der Waals surface area contributed by atoms with Gasteiger partial charge in [-0.1, -0.05) is 15.9 Å². The number of fused-ring (bicyclic) bond motifs is 1. The molecule has 3 rings (SSSR count). The van der Waals surface area contributed by atoms with E-state index in [1.54, 1.807) is 0 Å². The number of rotatable bonds is 0. The molecule has 0 aromatic heterocycles. The molecule has 0 saturated heterocycles. The topological polar surface area (TPSA) is 56.8 Å². The molecular formula is C11H11BrN2O2. The van der Waals surface area contributed by atoms with Crippen molar-refractivity contribution in [1.82, 2.24) is 0 Å². The number of aliphatic imine (C=N–C) groups is 1. The van der Waals surface area contributed by atoms with E-state index in [0.717, 1.165) is 22.2 Å². The van der Waals surface area contributed by atoms with Crippen LogP contribution in [0.3, 0.4) is 0 Å². The molecule has 1 atom stereocenters. The molecule has 2 aliphatic rings. The van der Waals surface area contributed by atoms with Crippen molar-refractivity contribution in [2.75, 3.05) is 13.2 Å². The summed E-state index contributed by atoms with van der Waals surface area (Å²) in [6, 6.07) is 6.26. The fourth-order valence-corrected chi connectivity index (χ4v) is 2.52. The van der Waals surface area contributed by atoms with Crippen LogP contribution in [0.2, 0.25) is 0 Å². The van der Waals surface area contributed by atoms with Crippen LogP contribution in [0.15, 0.2) is 27.7 Å². The van der Waals surface area contributed by atoms with Crippen molar-refractivity contribution in [2.24, 2.45) is 10.7 Å². The number of hydrogen-bond acceptors (Lipinski definition) is 4. The highest BCUT2D eigenvalue weighted by molar-refractivity contribution is 9.10. The van der Waals surface area contributed by atoms with Gasteiger partial charge in [-0.25, -0.2) is 4.99 Å². The Morgan fingerprint density at radius 3 is 2.88 bits per heavy atom. The maximum Gasteiger partial charge on any atom is 0.282 e. The predicted octanol–water partition coefficient (Wildman–Crippen LogP) is 1.47. The van der Waals surface area contributed by atoms with E-state index in [1.165, 1.54) is 0 Å². The first-order chi connectivity index (χ1) is 7.67. The number of nitrogens with zero attached hydrogens (tertiary/aromatic N) is 1. The third kappa shape index (κ3) is 1.55. The molecule has 2 N–H and O–H groups in total. The Kier molecular flexibility index (Phi) is 2.10. The van der Waals surface area contributed by atoms with Gasteiger partial charge in [0.05, 0.1) is 0 Å². The van der Waals surface area contributed by atoms with Gasteiger partial charge in [0.15, 0.2) is 0 Å². The van der Waals surface area contributed by atoms with Crippen molar-refractivity contribution in [3.05, 3.63) is 28.2 Å². The Morgan fingerprint density at radius 2 is 2.12 bits per heavy atom. The van der Waals surface area contributed by atoms with Gasteiger partial charge in [0.2, 0.25) is 0 Å². The van der Waals surface area contributed by atoms with E-state index in [0.29, 0.717) is 13.2 Å². The van der Waals surface area contributed by atoms with Gasteiger partial charge in [0, 0.05) is 10.9 Å².